The summed E-state index contributed by atoms with van der Waals surface area (Å²) in [6.07, 6.45) is 0.435. The Balaban J connectivity index is 1.74. The van der Waals surface area contributed by atoms with E-state index >= 15 is 0 Å². The molecule has 26 heavy (non-hydrogen) atoms. The lowest BCUT2D eigenvalue weighted by Crippen LogP contribution is -2.31. The van der Waals surface area contributed by atoms with E-state index in [1.807, 2.05) is 44.1 Å². The van der Waals surface area contributed by atoms with Crippen molar-refractivity contribution in [3.8, 4) is 0 Å². The van der Waals surface area contributed by atoms with Crippen LogP contribution < -0.4 is 4.90 Å². The highest BCUT2D eigenvalue weighted by atomic mass is 16.2. The van der Waals surface area contributed by atoms with Crippen LogP contribution in [-0.2, 0) is 17.8 Å². The zero-order chi connectivity index (χ0) is 18.5. The first kappa shape index (κ1) is 18.0. The van der Waals surface area contributed by atoms with E-state index in [0.29, 0.717) is 19.5 Å². The average molecular weight is 346 g/mol. The molecule has 0 aromatic heterocycles. The molecular formula is C23H26N2O. The van der Waals surface area contributed by atoms with Gasteiger partial charge in [0.15, 0.2) is 0 Å². The molecule has 0 unspecified atom stereocenters. The van der Waals surface area contributed by atoms with Gasteiger partial charge in [0, 0.05) is 32.9 Å². The molecule has 3 heteroatoms. The predicted octanol–water partition coefficient (Wildman–Crippen LogP) is 4.50. The van der Waals surface area contributed by atoms with Crippen molar-refractivity contribution in [1.82, 2.24) is 4.90 Å². The van der Waals surface area contributed by atoms with Crippen LogP contribution in [0, 0.1) is 0 Å². The van der Waals surface area contributed by atoms with Crippen molar-refractivity contribution < 1.29 is 4.79 Å². The number of benzene rings is 3. The fourth-order valence-corrected chi connectivity index (χ4v) is 3.22. The summed E-state index contributed by atoms with van der Waals surface area (Å²) < 4.78 is 0. The Bertz CT molecular complexity index is 879. The van der Waals surface area contributed by atoms with Crippen molar-refractivity contribution in [2.24, 2.45) is 0 Å². The Morgan fingerprint density at radius 3 is 2.27 bits per heavy atom. The van der Waals surface area contributed by atoms with Gasteiger partial charge in [-0.25, -0.2) is 0 Å². The minimum atomic E-state index is 0.167. The molecule has 3 aromatic rings. The Morgan fingerprint density at radius 1 is 0.885 bits per heavy atom. The Morgan fingerprint density at radius 2 is 1.58 bits per heavy atom. The summed E-state index contributed by atoms with van der Waals surface area (Å²) >= 11 is 0. The third-order valence-electron chi connectivity index (χ3n) is 4.78. The molecule has 3 aromatic carbocycles. The summed E-state index contributed by atoms with van der Waals surface area (Å²) in [5.41, 5.74) is 3.41. The second-order valence-corrected chi connectivity index (χ2v) is 6.78. The van der Waals surface area contributed by atoms with E-state index in [1.54, 1.807) is 0 Å². The lowest BCUT2D eigenvalue weighted by molar-refractivity contribution is -0.130. The van der Waals surface area contributed by atoms with Crippen LogP contribution in [0.25, 0.3) is 10.8 Å². The van der Waals surface area contributed by atoms with E-state index in [4.69, 9.17) is 0 Å². The lowest BCUT2D eigenvalue weighted by atomic mass is 10.0. The number of carbonyl (C=O) groups is 1. The van der Waals surface area contributed by atoms with E-state index in [2.05, 4.69) is 53.4 Å². The molecule has 0 spiro atoms. The van der Waals surface area contributed by atoms with Crippen LogP contribution in [0.4, 0.5) is 5.69 Å². The van der Waals surface area contributed by atoms with Crippen molar-refractivity contribution >= 4 is 22.4 Å². The van der Waals surface area contributed by atoms with Gasteiger partial charge in [-0.2, -0.15) is 0 Å². The van der Waals surface area contributed by atoms with Crippen LogP contribution in [0.2, 0.25) is 0 Å². The summed E-state index contributed by atoms with van der Waals surface area (Å²) in [6.45, 7) is 3.39. The molecule has 0 fully saturated rings. The van der Waals surface area contributed by atoms with Crippen molar-refractivity contribution in [1.29, 1.82) is 0 Å². The molecule has 0 aliphatic heterocycles. The van der Waals surface area contributed by atoms with Gasteiger partial charge in [-0.1, -0.05) is 54.6 Å². The summed E-state index contributed by atoms with van der Waals surface area (Å²) in [4.78, 5) is 16.9. The normalized spacial score (nSPS) is 10.7. The Kier molecular flexibility index (Phi) is 5.57. The number of anilines is 1. The number of rotatable bonds is 6. The number of hydrogen-bond donors (Lipinski definition) is 0. The van der Waals surface area contributed by atoms with E-state index in [-0.39, 0.29) is 5.91 Å². The zero-order valence-electron chi connectivity index (χ0n) is 15.8. The summed E-state index contributed by atoms with van der Waals surface area (Å²) in [6, 6.07) is 22.8. The monoisotopic (exact) mass is 346 g/mol. The molecule has 0 radical (unpaired) electrons. The third-order valence-corrected chi connectivity index (χ3v) is 4.78. The quantitative estimate of drug-likeness (QED) is 0.656. The van der Waals surface area contributed by atoms with Gasteiger partial charge in [-0.3, -0.25) is 4.79 Å². The van der Waals surface area contributed by atoms with Crippen LogP contribution >= 0.6 is 0 Å². The lowest BCUT2D eigenvalue weighted by Gasteiger charge is -2.22. The van der Waals surface area contributed by atoms with E-state index in [9.17, 15) is 4.79 Å². The number of fused-ring (bicyclic) bond motifs is 1. The van der Waals surface area contributed by atoms with Crippen LogP contribution in [0.1, 0.15) is 18.1 Å². The smallest absolute Gasteiger partial charge is 0.227 e. The molecule has 134 valence electrons. The number of likely N-dealkylation sites (N-methyl/N-ethyl adjacent to an activating group) is 1. The SMILES string of the molecule is CCN(Cc1ccc(N(C)C)cc1)C(=O)Cc1cccc2ccccc12. The highest BCUT2D eigenvalue weighted by Crippen LogP contribution is 2.20. The molecular weight excluding hydrogens is 320 g/mol. The molecule has 0 aliphatic carbocycles. The first-order chi connectivity index (χ1) is 12.6. The predicted molar refractivity (Wildman–Crippen MR) is 110 cm³/mol. The van der Waals surface area contributed by atoms with Gasteiger partial charge >= 0.3 is 0 Å². The first-order valence-electron chi connectivity index (χ1n) is 9.09. The number of hydrogen-bond acceptors (Lipinski definition) is 2. The molecule has 1 amide bonds. The van der Waals surface area contributed by atoms with Crippen LogP contribution in [-0.4, -0.2) is 31.4 Å². The number of amides is 1. The maximum atomic E-state index is 12.9. The van der Waals surface area contributed by atoms with Gasteiger partial charge in [0.05, 0.1) is 6.42 Å². The van der Waals surface area contributed by atoms with Gasteiger partial charge < -0.3 is 9.80 Å². The first-order valence-corrected chi connectivity index (χ1v) is 9.09. The molecule has 0 heterocycles. The second kappa shape index (κ2) is 8.05. The van der Waals surface area contributed by atoms with E-state index in [1.165, 1.54) is 11.1 Å². The van der Waals surface area contributed by atoms with Crippen LogP contribution in [0.15, 0.2) is 66.7 Å². The molecule has 3 rings (SSSR count). The summed E-state index contributed by atoms with van der Waals surface area (Å²) in [5, 5.41) is 2.34. The van der Waals surface area contributed by atoms with Crippen molar-refractivity contribution in [3.63, 3.8) is 0 Å². The van der Waals surface area contributed by atoms with Gasteiger partial charge in [-0.05, 0) is 41.0 Å². The highest BCUT2D eigenvalue weighted by molar-refractivity contribution is 5.90. The second-order valence-electron chi connectivity index (χ2n) is 6.78. The fraction of sp³-hybridized carbons (Fsp3) is 0.261. The summed E-state index contributed by atoms with van der Waals surface area (Å²) in [7, 11) is 4.06. The largest absolute Gasteiger partial charge is 0.378 e. The number of carbonyl (C=O) groups excluding carboxylic acids is 1. The molecule has 3 nitrogen and oxygen atoms in total. The molecule has 0 bridgehead atoms. The van der Waals surface area contributed by atoms with E-state index < -0.39 is 0 Å². The molecule has 0 atom stereocenters. The minimum absolute atomic E-state index is 0.167. The van der Waals surface area contributed by atoms with Crippen LogP contribution in [0.3, 0.4) is 0 Å². The maximum absolute atomic E-state index is 12.9. The maximum Gasteiger partial charge on any atom is 0.227 e. The average Bonchev–Trinajstić information content (AvgIpc) is 2.66. The van der Waals surface area contributed by atoms with Crippen molar-refractivity contribution in [2.45, 2.75) is 19.9 Å². The third kappa shape index (κ3) is 4.05. The van der Waals surface area contributed by atoms with Gasteiger partial charge in [-0.15, -0.1) is 0 Å². The molecule has 0 N–H and O–H groups in total. The molecule has 0 aliphatic rings. The highest BCUT2D eigenvalue weighted by Gasteiger charge is 2.14. The molecule has 0 saturated carbocycles. The van der Waals surface area contributed by atoms with Gasteiger partial charge in [0.25, 0.3) is 0 Å². The van der Waals surface area contributed by atoms with Crippen LogP contribution in [0.5, 0.6) is 0 Å². The zero-order valence-corrected chi connectivity index (χ0v) is 15.8. The van der Waals surface area contributed by atoms with E-state index in [0.717, 1.165) is 16.5 Å². The van der Waals surface area contributed by atoms with Crippen molar-refractivity contribution in [3.05, 3.63) is 77.9 Å². The summed E-state index contributed by atoms with van der Waals surface area (Å²) in [5.74, 6) is 0.167. The Hall–Kier alpha value is -2.81. The van der Waals surface area contributed by atoms with Gasteiger partial charge in [0.2, 0.25) is 5.91 Å². The fourth-order valence-electron chi connectivity index (χ4n) is 3.22. The standard InChI is InChI=1S/C23H26N2O/c1-4-25(17-18-12-14-21(15-13-18)24(2)3)23(26)16-20-10-7-9-19-8-5-6-11-22(19)20/h5-15H,4,16-17H2,1-3H3. The number of nitrogens with zero attached hydrogens (tertiary/aromatic N) is 2. The topological polar surface area (TPSA) is 23.6 Å². The molecule has 0 saturated heterocycles. The Labute approximate surface area is 155 Å². The van der Waals surface area contributed by atoms with Crippen molar-refractivity contribution in [2.75, 3.05) is 25.5 Å². The minimum Gasteiger partial charge on any atom is -0.378 e. The van der Waals surface area contributed by atoms with Gasteiger partial charge in [0.1, 0.15) is 0 Å².